The normalized spacial score (nSPS) is 12.6. The van der Waals surface area contributed by atoms with Crippen molar-refractivity contribution in [3.63, 3.8) is 0 Å². The van der Waals surface area contributed by atoms with Crippen molar-refractivity contribution in [3.05, 3.63) is 40.7 Å². The van der Waals surface area contributed by atoms with Gasteiger partial charge in [-0.3, -0.25) is 9.20 Å². The van der Waals surface area contributed by atoms with E-state index in [9.17, 15) is 4.79 Å². The molecule has 7 nitrogen and oxygen atoms in total. The molecule has 0 aliphatic heterocycles. The first-order chi connectivity index (χ1) is 16.6. The average Bonchev–Trinajstić information content (AvgIpc) is 3.24. The summed E-state index contributed by atoms with van der Waals surface area (Å²) in [4.78, 5) is 26.3. The van der Waals surface area contributed by atoms with Crippen molar-refractivity contribution in [1.29, 1.82) is 0 Å². The predicted octanol–water partition coefficient (Wildman–Crippen LogP) is 5.26. The summed E-state index contributed by atoms with van der Waals surface area (Å²) >= 11 is 1.61. The molecule has 0 unspecified atom stereocenters. The largest absolute Gasteiger partial charge is 0.379 e. The van der Waals surface area contributed by atoms with Gasteiger partial charge in [0.05, 0.1) is 15.6 Å². The first kappa shape index (κ1) is 24.4. The maximum atomic E-state index is 13.5. The van der Waals surface area contributed by atoms with Gasteiger partial charge in [0.25, 0.3) is 0 Å². The summed E-state index contributed by atoms with van der Waals surface area (Å²) in [6, 6.07) is 8.23. The van der Waals surface area contributed by atoms with Gasteiger partial charge in [-0.1, -0.05) is 39.3 Å². The molecular weight excluding hydrogens is 444 g/mol. The van der Waals surface area contributed by atoms with Crippen molar-refractivity contribution in [1.82, 2.24) is 14.4 Å². The van der Waals surface area contributed by atoms with Gasteiger partial charge in [-0.2, -0.15) is 4.98 Å². The maximum absolute atomic E-state index is 13.5. The number of rotatable bonds is 12. The molecule has 0 amide bonds. The van der Waals surface area contributed by atoms with E-state index in [-0.39, 0.29) is 5.43 Å². The van der Waals surface area contributed by atoms with Crippen LogP contribution in [0.25, 0.3) is 26.1 Å². The molecule has 0 radical (unpaired) electrons. The number of fused-ring (bicyclic) bond motifs is 5. The van der Waals surface area contributed by atoms with E-state index in [4.69, 9.17) is 10.7 Å². The molecule has 0 aliphatic rings. The van der Waals surface area contributed by atoms with Crippen LogP contribution in [0.5, 0.6) is 0 Å². The molecule has 0 aliphatic carbocycles. The van der Waals surface area contributed by atoms with E-state index in [1.807, 2.05) is 12.1 Å². The first-order valence-corrected chi connectivity index (χ1v) is 13.3. The highest BCUT2D eigenvalue weighted by atomic mass is 32.1. The fourth-order valence-electron chi connectivity index (χ4n) is 4.33. The minimum atomic E-state index is -0.0519. The molecule has 3 heterocycles. The number of thiazole rings is 1. The van der Waals surface area contributed by atoms with Crippen LogP contribution in [-0.4, -0.2) is 40.5 Å². The number of pyridine rings is 1. The monoisotopic (exact) mass is 480 g/mol. The van der Waals surface area contributed by atoms with E-state index >= 15 is 0 Å². The molecule has 8 heteroatoms. The van der Waals surface area contributed by atoms with Gasteiger partial charge < -0.3 is 16.0 Å². The maximum Gasteiger partial charge on any atom is 0.227 e. The molecule has 0 fully saturated rings. The molecule has 4 aromatic rings. The van der Waals surface area contributed by atoms with Crippen molar-refractivity contribution in [2.45, 2.75) is 52.9 Å². The van der Waals surface area contributed by atoms with Crippen LogP contribution < -0.4 is 21.4 Å². The fraction of sp³-hybridized carbons (Fsp3) is 0.500. The van der Waals surface area contributed by atoms with Crippen LogP contribution in [0.3, 0.4) is 0 Å². The molecule has 0 saturated carbocycles. The Morgan fingerprint density at radius 2 is 2.03 bits per heavy atom. The molecule has 3 aromatic heterocycles. The number of para-hydroxylation sites is 1. The number of benzene rings is 1. The van der Waals surface area contributed by atoms with Crippen LogP contribution in [0.15, 0.2) is 35.3 Å². The van der Waals surface area contributed by atoms with Crippen LogP contribution in [0.1, 0.15) is 52.9 Å². The third-order valence-electron chi connectivity index (χ3n) is 6.45. The van der Waals surface area contributed by atoms with Crippen molar-refractivity contribution in [2.75, 3.05) is 36.4 Å². The second-order valence-corrected chi connectivity index (χ2v) is 10.1. The molecule has 0 spiro atoms. The summed E-state index contributed by atoms with van der Waals surface area (Å²) in [5, 5.41) is 3.88. The summed E-state index contributed by atoms with van der Waals surface area (Å²) in [7, 11) is 0. The Kier molecular flexibility index (Phi) is 8.00. The minimum absolute atomic E-state index is 0.0519. The van der Waals surface area contributed by atoms with E-state index in [0.29, 0.717) is 35.8 Å². The zero-order valence-corrected chi connectivity index (χ0v) is 21.3. The summed E-state index contributed by atoms with van der Waals surface area (Å²) < 4.78 is 3.24. The zero-order valence-electron chi connectivity index (χ0n) is 20.5. The summed E-state index contributed by atoms with van der Waals surface area (Å²) in [6.07, 6.45) is 7.04. The number of aromatic nitrogens is 3. The zero-order chi connectivity index (χ0) is 24.1. The second kappa shape index (κ2) is 11.1. The van der Waals surface area contributed by atoms with E-state index in [1.54, 1.807) is 17.5 Å². The van der Waals surface area contributed by atoms with Gasteiger partial charge in [0.1, 0.15) is 10.5 Å². The summed E-state index contributed by atoms with van der Waals surface area (Å²) in [6.45, 7) is 9.78. The molecule has 0 bridgehead atoms. The predicted molar refractivity (Wildman–Crippen MR) is 146 cm³/mol. The van der Waals surface area contributed by atoms with Crippen LogP contribution in [-0.2, 0) is 0 Å². The smallest absolute Gasteiger partial charge is 0.227 e. The topological polar surface area (TPSA) is 88.5 Å². The SMILES string of the molecule is CCCN(CCC[C@H](C)CC)c1ncc2c(=O)c(NCCCN)c3sc4ccccc4n3c2n1. The highest BCUT2D eigenvalue weighted by molar-refractivity contribution is 7.24. The van der Waals surface area contributed by atoms with Crippen LogP contribution in [0.4, 0.5) is 11.6 Å². The third kappa shape index (κ3) is 4.88. The lowest BCUT2D eigenvalue weighted by atomic mass is 10.0. The lowest BCUT2D eigenvalue weighted by Crippen LogP contribution is -2.28. The second-order valence-electron chi connectivity index (χ2n) is 9.03. The molecule has 34 heavy (non-hydrogen) atoms. The number of nitrogens with two attached hydrogens (primary N) is 1. The molecule has 0 saturated heterocycles. The Bertz CT molecular complexity index is 1310. The van der Waals surface area contributed by atoms with E-state index < -0.39 is 0 Å². The van der Waals surface area contributed by atoms with Gasteiger partial charge in [0.2, 0.25) is 11.4 Å². The molecule has 1 atom stereocenters. The Hall–Kier alpha value is -2.71. The standard InChI is InChI=1S/C26H36N6OS/c1-4-15-31(16-8-10-18(3)5-2)26-29-17-19-23(33)22(28-14-9-13-27)25-32(24(19)30-26)20-11-6-7-12-21(20)34-25/h6-7,11-12,17-18,28H,4-5,8-10,13-16,27H2,1-3H3/t18-/m1/s1. The van der Waals surface area contributed by atoms with Gasteiger partial charge in [-0.15, -0.1) is 11.3 Å². The first-order valence-electron chi connectivity index (χ1n) is 12.5. The summed E-state index contributed by atoms with van der Waals surface area (Å²) in [5.41, 5.74) is 7.96. The van der Waals surface area contributed by atoms with E-state index in [2.05, 4.69) is 52.5 Å². The Labute approximate surface area is 205 Å². The van der Waals surface area contributed by atoms with Crippen LogP contribution in [0, 0.1) is 5.92 Å². The molecule has 4 rings (SSSR count). The van der Waals surface area contributed by atoms with Crippen LogP contribution >= 0.6 is 11.3 Å². The van der Waals surface area contributed by atoms with Crippen LogP contribution in [0.2, 0.25) is 0 Å². The molecule has 3 N–H and O–H groups in total. The Morgan fingerprint density at radius 3 is 2.79 bits per heavy atom. The van der Waals surface area contributed by atoms with Gasteiger partial charge in [0.15, 0.2) is 5.65 Å². The van der Waals surface area contributed by atoms with Crippen molar-refractivity contribution in [3.8, 4) is 0 Å². The molecule has 182 valence electrons. The number of nitrogens with zero attached hydrogens (tertiary/aromatic N) is 4. The highest BCUT2D eigenvalue weighted by Gasteiger charge is 2.19. The fourth-order valence-corrected chi connectivity index (χ4v) is 5.49. The van der Waals surface area contributed by atoms with Gasteiger partial charge >= 0.3 is 0 Å². The lowest BCUT2D eigenvalue weighted by molar-refractivity contribution is 0.491. The molecule has 1 aromatic carbocycles. The summed E-state index contributed by atoms with van der Waals surface area (Å²) in [5.74, 6) is 1.42. The van der Waals surface area contributed by atoms with E-state index in [0.717, 1.165) is 53.3 Å². The lowest BCUT2D eigenvalue weighted by Gasteiger charge is -2.23. The number of hydrogen-bond donors (Lipinski definition) is 2. The van der Waals surface area contributed by atoms with Gasteiger partial charge in [0, 0.05) is 25.8 Å². The third-order valence-corrected chi connectivity index (χ3v) is 7.60. The van der Waals surface area contributed by atoms with Crippen molar-refractivity contribution in [2.24, 2.45) is 11.7 Å². The minimum Gasteiger partial charge on any atom is -0.379 e. The van der Waals surface area contributed by atoms with Crippen molar-refractivity contribution >= 4 is 49.1 Å². The highest BCUT2D eigenvalue weighted by Crippen LogP contribution is 2.33. The number of hydrogen-bond acceptors (Lipinski definition) is 7. The Morgan fingerprint density at radius 1 is 1.21 bits per heavy atom. The van der Waals surface area contributed by atoms with E-state index in [1.165, 1.54) is 12.8 Å². The quantitative estimate of drug-likeness (QED) is 0.269. The van der Waals surface area contributed by atoms with Gasteiger partial charge in [-0.05, 0) is 50.3 Å². The Balaban J connectivity index is 1.84. The number of anilines is 2. The van der Waals surface area contributed by atoms with Gasteiger partial charge in [-0.25, -0.2) is 4.98 Å². The van der Waals surface area contributed by atoms with Crippen molar-refractivity contribution < 1.29 is 0 Å². The molecular formula is C26H36N6OS. The average molecular weight is 481 g/mol. The number of nitrogens with one attached hydrogen (secondary N) is 1.